The Morgan fingerprint density at radius 2 is 2.17 bits per heavy atom. The van der Waals surface area contributed by atoms with Gasteiger partial charge in [0.1, 0.15) is 17.1 Å². The molecule has 6 heteroatoms. The Morgan fingerprint density at radius 3 is 2.87 bits per heavy atom. The van der Waals surface area contributed by atoms with Crippen LogP contribution in [0.4, 0.5) is 9.18 Å². The molecule has 0 spiro atoms. The van der Waals surface area contributed by atoms with Crippen molar-refractivity contribution >= 4 is 17.1 Å². The molecule has 5 nitrogen and oxygen atoms in total. The molecule has 1 unspecified atom stereocenters. The summed E-state index contributed by atoms with van der Waals surface area (Å²) in [5.74, 6) is -0.165. The lowest BCUT2D eigenvalue weighted by Gasteiger charge is -2.24. The van der Waals surface area contributed by atoms with Gasteiger partial charge < -0.3 is 14.2 Å². The molecule has 0 aromatic carbocycles. The Labute approximate surface area is 135 Å². The van der Waals surface area contributed by atoms with Gasteiger partial charge in [-0.25, -0.2) is 14.2 Å². The standard InChI is InChI=1S/C17H22FN3O2/c1-17(2,3)23-16(22)21-6-5-11(9-21)14-10-20(4)15-13(14)7-12(18)8-19-15/h7-8,10-11H,5-6,9H2,1-4H3. The maximum atomic E-state index is 13.5. The summed E-state index contributed by atoms with van der Waals surface area (Å²) in [6, 6.07) is 1.52. The molecule has 23 heavy (non-hydrogen) atoms. The summed E-state index contributed by atoms with van der Waals surface area (Å²) in [6.45, 7) is 6.82. The molecule has 1 amide bonds. The van der Waals surface area contributed by atoms with E-state index in [1.807, 2.05) is 38.6 Å². The highest BCUT2D eigenvalue weighted by atomic mass is 19.1. The van der Waals surface area contributed by atoms with Crippen LogP contribution >= 0.6 is 0 Å². The summed E-state index contributed by atoms with van der Waals surface area (Å²) < 4.78 is 20.9. The number of likely N-dealkylation sites (tertiary alicyclic amines) is 1. The molecule has 3 heterocycles. The molecule has 3 rings (SSSR count). The third kappa shape index (κ3) is 3.16. The Hall–Kier alpha value is -2.11. The Kier molecular flexibility index (Phi) is 3.78. The molecule has 1 aliphatic rings. The van der Waals surface area contributed by atoms with Crippen molar-refractivity contribution < 1.29 is 13.9 Å². The molecule has 0 saturated carbocycles. The Morgan fingerprint density at radius 1 is 1.43 bits per heavy atom. The highest BCUT2D eigenvalue weighted by molar-refractivity contribution is 5.81. The van der Waals surface area contributed by atoms with E-state index in [1.165, 1.54) is 12.3 Å². The Bertz CT molecular complexity index is 748. The van der Waals surface area contributed by atoms with Crippen molar-refractivity contribution in [2.75, 3.05) is 13.1 Å². The zero-order valence-electron chi connectivity index (χ0n) is 14.0. The zero-order chi connectivity index (χ0) is 16.8. The molecule has 1 atom stereocenters. The first-order chi connectivity index (χ1) is 10.7. The molecule has 1 saturated heterocycles. The molecule has 0 aliphatic carbocycles. The van der Waals surface area contributed by atoms with E-state index < -0.39 is 5.60 Å². The van der Waals surface area contributed by atoms with Crippen LogP contribution in [-0.4, -0.2) is 39.2 Å². The van der Waals surface area contributed by atoms with Crippen molar-refractivity contribution in [3.8, 4) is 0 Å². The summed E-state index contributed by atoms with van der Waals surface area (Å²) in [7, 11) is 1.90. The van der Waals surface area contributed by atoms with Crippen LogP contribution in [0.25, 0.3) is 11.0 Å². The molecule has 2 aromatic rings. The van der Waals surface area contributed by atoms with Gasteiger partial charge in [0.05, 0.1) is 6.20 Å². The smallest absolute Gasteiger partial charge is 0.410 e. The number of nitrogens with zero attached hydrogens (tertiary/aromatic N) is 3. The minimum atomic E-state index is -0.498. The predicted molar refractivity (Wildman–Crippen MR) is 85.8 cm³/mol. The molecule has 0 N–H and O–H groups in total. The van der Waals surface area contributed by atoms with Crippen LogP contribution in [0.1, 0.15) is 38.7 Å². The van der Waals surface area contributed by atoms with E-state index in [2.05, 4.69) is 4.98 Å². The van der Waals surface area contributed by atoms with Crippen LogP contribution in [0.3, 0.4) is 0 Å². The topological polar surface area (TPSA) is 47.4 Å². The lowest BCUT2D eigenvalue weighted by atomic mass is 9.99. The minimum Gasteiger partial charge on any atom is -0.444 e. The largest absolute Gasteiger partial charge is 0.444 e. The van der Waals surface area contributed by atoms with E-state index in [0.717, 1.165) is 23.0 Å². The van der Waals surface area contributed by atoms with Gasteiger partial charge >= 0.3 is 6.09 Å². The second-order valence-corrected chi connectivity index (χ2v) is 7.13. The number of rotatable bonds is 1. The van der Waals surface area contributed by atoms with Crippen molar-refractivity contribution in [2.24, 2.45) is 7.05 Å². The normalized spacial score (nSPS) is 18.7. The van der Waals surface area contributed by atoms with Gasteiger partial charge in [0, 0.05) is 37.6 Å². The molecule has 124 valence electrons. The second-order valence-electron chi connectivity index (χ2n) is 7.13. The highest BCUT2D eigenvalue weighted by Gasteiger charge is 2.32. The first-order valence-corrected chi connectivity index (χ1v) is 7.83. The zero-order valence-corrected chi connectivity index (χ0v) is 14.0. The lowest BCUT2D eigenvalue weighted by Crippen LogP contribution is -2.35. The van der Waals surface area contributed by atoms with E-state index in [1.54, 1.807) is 4.90 Å². The number of carbonyl (C=O) groups is 1. The third-order valence-corrected chi connectivity index (χ3v) is 4.09. The van der Waals surface area contributed by atoms with Crippen LogP contribution in [0, 0.1) is 5.82 Å². The number of amides is 1. The van der Waals surface area contributed by atoms with E-state index in [4.69, 9.17) is 4.74 Å². The van der Waals surface area contributed by atoms with Crippen molar-refractivity contribution in [1.29, 1.82) is 0 Å². The number of pyridine rings is 1. The third-order valence-electron chi connectivity index (χ3n) is 4.09. The molecule has 0 radical (unpaired) electrons. The van der Waals surface area contributed by atoms with Gasteiger partial charge in [-0.3, -0.25) is 0 Å². The van der Waals surface area contributed by atoms with Crippen LogP contribution in [0.5, 0.6) is 0 Å². The number of carbonyl (C=O) groups excluding carboxylic acids is 1. The summed E-state index contributed by atoms with van der Waals surface area (Å²) in [5.41, 5.74) is 1.31. The molecule has 2 aromatic heterocycles. The maximum absolute atomic E-state index is 13.5. The van der Waals surface area contributed by atoms with Gasteiger partial charge in [-0.2, -0.15) is 0 Å². The van der Waals surface area contributed by atoms with Gasteiger partial charge in [-0.15, -0.1) is 0 Å². The monoisotopic (exact) mass is 319 g/mol. The number of hydrogen-bond acceptors (Lipinski definition) is 3. The van der Waals surface area contributed by atoms with Gasteiger partial charge in [-0.05, 0) is 38.8 Å². The summed E-state index contributed by atoms with van der Waals surface area (Å²) in [4.78, 5) is 18.1. The van der Waals surface area contributed by atoms with Crippen LogP contribution in [0.2, 0.25) is 0 Å². The average molecular weight is 319 g/mol. The fourth-order valence-electron chi connectivity index (χ4n) is 3.10. The SMILES string of the molecule is Cn1cc(C2CCN(C(=O)OC(C)(C)C)C2)c2cc(F)cnc21. The molecule has 0 bridgehead atoms. The van der Waals surface area contributed by atoms with E-state index in [9.17, 15) is 9.18 Å². The van der Waals surface area contributed by atoms with Gasteiger partial charge in [0.2, 0.25) is 0 Å². The number of aryl methyl sites for hydroxylation is 1. The first kappa shape index (κ1) is 15.8. The average Bonchev–Trinajstić information content (AvgIpc) is 3.02. The fourth-order valence-corrected chi connectivity index (χ4v) is 3.10. The fraction of sp³-hybridized carbons (Fsp3) is 0.529. The number of ether oxygens (including phenoxy) is 1. The lowest BCUT2D eigenvalue weighted by molar-refractivity contribution is 0.0292. The van der Waals surface area contributed by atoms with Crippen LogP contribution in [-0.2, 0) is 11.8 Å². The van der Waals surface area contributed by atoms with Gasteiger partial charge in [0.25, 0.3) is 0 Å². The van der Waals surface area contributed by atoms with Crippen LogP contribution < -0.4 is 0 Å². The number of halogens is 1. The first-order valence-electron chi connectivity index (χ1n) is 7.83. The summed E-state index contributed by atoms with van der Waals surface area (Å²) in [5, 5.41) is 0.823. The second kappa shape index (κ2) is 5.51. The van der Waals surface area contributed by atoms with Gasteiger partial charge in [0.15, 0.2) is 0 Å². The number of fused-ring (bicyclic) bond motifs is 1. The number of hydrogen-bond donors (Lipinski definition) is 0. The number of aromatic nitrogens is 2. The van der Waals surface area contributed by atoms with Crippen LogP contribution in [0.15, 0.2) is 18.5 Å². The Balaban J connectivity index is 1.82. The van der Waals surface area contributed by atoms with Crippen molar-refractivity contribution in [1.82, 2.24) is 14.5 Å². The van der Waals surface area contributed by atoms with E-state index >= 15 is 0 Å². The highest BCUT2D eigenvalue weighted by Crippen LogP contribution is 2.33. The molecular weight excluding hydrogens is 297 g/mol. The van der Waals surface area contributed by atoms with Crippen molar-refractivity contribution in [3.63, 3.8) is 0 Å². The van der Waals surface area contributed by atoms with E-state index in [0.29, 0.717) is 13.1 Å². The molecular formula is C17H22FN3O2. The van der Waals surface area contributed by atoms with E-state index in [-0.39, 0.29) is 17.8 Å². The summed E-state index contributed by atoms with van der Waals surface area (Å²) >= 11 is 0. The van der Waals surface area contributed by atoms with Gasteiger partial charge in [-0.1, -0.05) is 0 Å². The molecule has 1 fully saturated rings. The van der Waals surface area contributed by atoms with Crippen molar-refractivity contribution in [3.05, 3.63) is 29.8 Å². The maximum Gasteiger partial charge on any atom is 0.410 e. The summed E-state index contributed by atoms with van der Waals surface area (Å²) in [6.07, 6.45) is 3.77. The quantitative estimate of drug-likeness (QED) is 0.809. The molecule has 1 aliphatic heterocycles. The van der Waals surface area contributed by atoms with Crippen molar-refractivity contribution in [2.45, 2.75) is 38.7 Å². The minimum absolute atomic E-state index is 0.176. The predicted octanol–water partition coefficient (Wildman–Crippen LogP) is 3.44.